The molecule has 0 unspecified atom stereocenters. The average Bonchev–Trinajstić information content (AvgIpc) is 3.95. The third-order valence-electron chi connectivity index (χ3n) is 13.6. The fourth-order valence-corrected chi connectivity index (χ4v) is 10.7. The highest BCUT2D eigenvalue weighted by atomic mass is 16.5. The van der Waals surface area contributed by atoms with Gasteiger partial charge >= 0.3 is 0 Å². The van der Waals surface area contributed by atoms with Crippen LogP contribution < -0.4 is 4.74 Å². The molecule has 3 aromatic heterocycles. The molecule has 0 bridgehead atoms. The van der Waals surface area contributed by atoms with E-state index in [0.29, 0.717) is 28.9 Å². The van der Waals surface area contributed by atoms with Gasteiger partial charge in [0, 0.05) is 44.3 Å². The van der Waals surface area contributed by atoms with Gasteiger partial charge in [0.15, 0.2) is 28.9 Å². The fourth-order valence-electron chi connectivity index (χ4n) is 10.7. The van der Waals surface area contributed by atoms with Crippen molar-refractivity contribution in [2.75, 3.05) is 0 Å². The minimum atomic E-state index is -0.852. The van der Waals surface area contributed by atoms with E-state index in [1.54, 1.807) is 0 Å². The summed E-state index contributed by atoms with van der Waals surface area (Å²) in [5.74, 6) is 4.03. The van der Waals surface area contributed by atoms with Gasteiger partial charge in [-0.1, -0.05) is 200 Å². The summed E-state index contributed by atoms with van der Waals surface area (Å²) in [5, 5.41) is 0.954. The quantitative estimate of drug-likeness (QED) is 0.164. The molecule has 0 amide bonds. The van der Waals surface area contributed by atoms with E-state index in [-0.39, 0.29) is 0 Å². The van der Waals surface area contributed by atoms with Gasteiger partial charge in [-0.15, -0.1) is 0 Å². The molecule has 1 aliphatic heterocycles. The van der Waals surface area contributed by atoms with Crippen LogP contribution in [-0.2, 0) is 5.41 Å². The summed E-state index contributed by atoms with van der Waals surface area (Å²) >= 11 is 0. The predicted octanol–water partition coefficient (Wildman–Crippen LogP) is 15.0. The van der Waals surface area contributed by atoms with Crippen LogP contribution in [0.1, 0.15) is 22.3 Å². The third kappa shape index (κ3) is 5.97. The van der Waals surface area contributed by atoms with Crippen LogP contribution in [0.2, 0.25) is 0 Å². The van der Waals surface area contributed by atoms with Gasteiger partial charge in [0.1, 0.15) is 28.3 Å². The Morgan fingerprint density at radius 2 is 0.783 bits per heavy atom. The molecule has 7 nitrogen and oxygen atoms in total. The monoisotopic (exact) mass is 883 g/mol. The van der Waals surface area contributed by atoms with Crippen LogP contribution in [0.4, 0.5) is 0 Å². The van der Waals surface area contributed by atoms with Crippen LogP contribution in [0.15, 0.2) is 229 Å². The lowest BCUT2D eigenvalue weighted by Gasteiger charge is -2.41. The number of benzene rings is 9. The summed E-state index contributed by atoms with van der Waals surface area (Å²) in [6.45, 7) is 0. The van der Waals surface area contributed by atoms with Gasteiger partial charge in [0.2, 0.25) is 0 Å². The van der Waals surface area contributed by atoms with Crippen molar-refractivity contribution in [1.82, 2.24) is 24.9 Å². The lowest BCUT2D eigenvalue weighted by Crippen LogP contribution is -2.33. The Balaban J connectivity index is 1.00. The number of para-hydroxylation sites is 3. The molecule has 0 radical (unpaired) electrons. The Morgan fingerprint density at radius 3 is 1.42 bits per heavy atom. The number of furan rings is 1. The first-order valence-electron chi connectivity index (χ1n) is 23.1. The van der Waals surface area contributed by atoms with E-state index < -0.39 is 5.41 Å². The van der Waals surface area contributed by atoms with Crippen molar-refractivity contribution in [3.05, 3.63) is 247 Å². The maximum atomic E-state index is 6.84. The lowest BCUT2D eigenvalue weighted by molar-refractivity contribution is 0.436. The lowest BCUT2D eigenvalue weighted by atomic mass is 9.63. The first-order valence-corrected chi connectivity index (χ1v) is 23.1. The standard InChI is InChI=1S/C62H37N5O2/c1-4-18-39(19-5-1)55-57-56(46-24-10-13-31-50(46)69-57)64-58(63-55)42-36-34-38(35-37-42)43-25-16-26-44-45-27-17-28-47(61-66-59(40-20-6-2-7-21-40)65-60(67-61)41-22-8-3-9-23-41)54(45)62(53(43)44)48-29-11-14-32-51(48)68-52-33-15-12-30-49(52)62/h1-37H. The molecule has 4 heterocycles. The summed E-state index contributed by atoms with van der Waals surface area (Å²) in [6.07, 6.45) is 0. The van der Waals surface area contributed by atoms with E-state index >= 15 is 0 Å². The highest BCUT2D eigenvalue weighted by molar-refractivity contribution is 6.07. The molecule has 0 N–H and O–H groups in total. The van der Waals surface area contributed by atoms with Crippen LogP contribution in [0.5, 0.6) is 11.5 Å². The largest absolute Gasteiger partial charge is 0.457 e. The van der Waals surface area contributed by atoms with Gasteiger partial charge in [-0.05, 0) is 57.6 Å². The molecule has 1 aliphatic carbocycles. The van der Waals surface area contributed by atoms with E-state index in [1.807, 2.05) is 84.9 Å². The van der Waals surface area contributed by atoms with Gasteiger partial charge in [-0.25, -0.2) is 24.9 Å². The second kappa shape index (κ2) is 15.4. The molecular formula is C62H37N5O2. The molecule has 7 heteroatoms. The highest BCUT2D eigenvalue weighted by Gasteiger charge is 2.53. The normalized spacial score (nSPS) is 12.9. The van der Waals surface area contributed by atoms with Crippen molar-refractivity contribution >= 4 is 22.1 Å². The zero-order valence-corrected chi connectivity index (χ0v) is 36.9. The SMILES string of the molecule is c1ccc(-c2nc(-c3ccccc3)nc(-c3cccc4c3C3(c5ccccc5Oc5ccccc53)c3c(-c5ccc(-c6nc(-c7ccccc7)c7oc8ccccc8c7n6)cc5)cccc3-4)n2)cc1. The van der Waals surface area contributed by atoms with Crippen LogP contribution in [-0.4, -0.2) is 24.9 Å². The van der Waals surface area contributed by atoms with Crippen LogP contribution >= 0.6 is 0 Å². The predicted molar refractivity (Wildman–Crippen MR) is 273 cm³/mol. The molecule has 0 saturated carbocycles. The molecule has 0 saturated heterocycles. The molecule has 322 valence electrons. The van der Waals surface area contributed by atoms with Crippen molar-refractivity contribution < 1.29 is 9.15 Å². The van der Waals surface area contributed by atoms with Gasteiger partial charge in [0.25, 0.3) is 0 Å². The second-order valence-corrected chi connectivity index (χ2v) is 17.5. The van der Waals surface area contributed by atoms with Gasteiger partial charge in [0.05, 0.1) is 5.41 Å². The second-order valence-electron chi connectivity index (χ2n) is 17.5. The Morgan fingerprint density at radius 1 is 0.319 bits per heavy atom. The van der Waals surface area contributed by atoms with E-state index in [9.17, 15) is 0 Å². The number of hydrogen-bond acceptors (Lipinski definition) is 7. The van der Waals surface area contributed by atoms with Crippen molar-refractivity contribution in [1.29, 1.82) is 0 Å². The first kappa shape index (κ1) is 38.9. The fraction of sp³-hybridized carbons (Fsp3) is 0.0161. The molecule has 69 heavy (non-hydrogen) atoms. The van der Waals surface area contributed by atoms with Gasteiger partial charge in [-0.3, -0.25) is 0 Å². The van der Waals surface area contributed by atoms with Crippen molar-refractivity contribution in [3.63, 3.8) is 0 Å². The summed E-state index contributed by atoms with van der Waals surface area (Å²) in [6, 6.07) is 77.4. The van der Waals surface area contributed by atoms with E-state index in [0.717, 1.165) is 106 Å². The average molecular weight is 884 g/mol. The van der Waals surface area contributed by atoms with E-state index in [4.69, 9.17) is 34.1 Å². The maximum absolute atomic E-state index is 6.84. The van der Waals surface area contributed by atoms with Crippen LogP contribution in [0.25, 0.3) is 101 Å². The number of aromatic nitrogens is 5. The molecular weight excluding hydrogens is 847 g/mol. The molecule has 9 aromatic carbocycles. The zero-order valence-electron chi connectivity index (χ0n) is 36.9. The van der Waals surface area contributed by atoms with Gasteiger partial charge < -0.3 is 9.15 Å². The summed E-state index contributed by atoms with van der Waals surface area (Å²) < 4.78 is 13.3. The van der Waals surface area contributed by atoms with Crippen molar-refractivity contribution in [2.45, 2.75) is 5.41 Å². The molecule has 2 aliphatic rings. The smallest absolute Gasteiger partial charge is 0.180 e. The molecule has 1 spiro atoms. The molecule has 14 rings (SSSR count). The Bertz CT molecular complexity index is 3880. The molecule has 0 fully saturated rings. The van der Waals surface area contributed by atoms with Crippen LogP contribution in [0.3, 0.4) is 0 Å². The minimum Gasteiger partial charge on any atom is -0.457 e. The first-order chi connectivity index (χ1) is 34.2. The minimum absolute atomic E-state index is 0.594. The molecule has 12 aromatic rings. The zero-order chi connectivity index (χ0) is 45.5. The van der Waals surface area contributed by atoms with E-state index in [2.05, 4.69) is 140 Å². The van der Waals surface area contributed by atoms with Crippen molar-refractivity contribution in [2.24, 2.45) is 0 Å². The summed E-state index contributed by atoms with van der Waals surface area (Å²) in [5.41, 5.74) is 15.5. The van der Waals surface area contributed by atoms with E-state index in [1.165, 1.54) is 0 Å². The van der Waals surface area contributed by atoms with Crippen molar-refractivity contribution in [3.8, 4) is 90.6 Å². The van der Waals surface area contributed by atoms with Gasteiger partial charge in [-0.2, -0.15) is 0 Å². The molecule has 0 atom stereocenters. The number of hydrogen-bond donors (Lipinski definition) is 0. The number of rotatable bonds is 6. The Hall–Kier alpha value is -9.33. The van der Waals surface area contributed by atoms with Crippen LogP contribution in [0, 0.1) is 0 Å². The summed E-state index contributed by atoms with van der Waals surface area (Å²) in [4.78, 5) is 26.1. The topological polar surface area (TPSA) is 86.8 Å². The Labute approximate surface area is 397 Å². The maximum Gasteiger partial charge on any atom is 0.180 e. The summed E-state index contributed by atoms with van der Waals surface area (Å²) in [7, 11) is 0. The number of nitrogens with zero attached hydrogens (tertiary/aromatic N) is 5. The Kier molecular flexibility index (Phi) is 8.66. The number of fused-ring (bicyclic) bond motifs is 12. The highest BCUT2D eigenvalue weighted by Crippen LogP contribution is 2.65. The number of ether oxygens (including phenoxy) is 1. The third-order valence-corrected chi connectivity index (χ3v) is 13.6.